The molecule has 19 heavy (non-hydrogen) atoms. The van der Waals surface area contributed by atoms with E-state index in [1.807, 2.05) is 6.92 Å². The molecule has 1 aromatic heterocycles. The number of aromatic nitrogens is 1. The number of thiazole rings is 1. The number of alkyl halides is 3. The van der Waals surface area contributed by atoms with E-state index in [0.29, 0.717) is 28.6 Å². The summed E-state index contributed by atoms with van der Waals surface area (Å²) in [6.07, 6.45) is -4.14. The van der Waals surface area contributed by atoms with Crippen LogP contribution in [0.1, 0.15) is 11.9 Å². The van der Waals surface area contributed by atoms with Crippen molar-refractivity contribution in [3.05, 3.63) is 29.0 Å². The number of benzene rings is 1. The van der Waals surface area contributed by atoms with Crippen molar-refractivity contribution in [3.8, 4) is 5.75 Å². The van der Waals surface area contributed by atoms with E-state index < -0.39 is 11.9 Å². The molecule has 3 nitrogen and oxygen atoms in total. The normalized spacial score (nSPS) is 12.9. The van der Waals surface area contributed by atoms with Crippen LogP contribution in [0.2, 0.25) is 0 Å². The van der Waals surface area contributed by atoms with E-state index in [4.69, 9.17) is 9.84 Å². The van der Waals surface area contributed by atoms with E-state index in [9.17, 15) is 13.2 Å². The number of aliphatic hydroxyl groups is 1. The van der Waals surface area contributed by atoms with Crippen molar-refractivity contribution < 1.29 is 23.0 Å². The number of ether oxygens (including phenoxy) is 1. The molecule has 1 N–H and O–H groups in total. The lowest BCUT2D eigenvalue weighted by Crippen LogP contribution is -2.10. The van der Waals surface area contributed by atoms with Gasteiger partial charge < -0.3 is 9.84 Å². The molecule has 0 fully saturated rings. The minimum Gasteiger partial charge on any atom is -0.504 e. The Bertz CT molecular complexity index is 619. The summed E-state index contributed by atoms with van der Waals surface area (Å²) in [5.41, 5.74) is 0.565. The van der Waals surface area contributed by atoms with Crippen molar-refractivity contribution in [2.75, 3.05) is 6.61 Å². The number of nitrogens with zero attached hydrogens (tertiary/aromatic N) is 1. The molecule has 0 saturated heterocycles. The quantitative estimate of drug-likeness (QED) is 0.863. The van der Waals surface area contributed by atoms with Gasteiger partial charge in [0.15, 0.2) is 0 Å². The smallest absolute Gasteiger partial charge is 0.448 e. The Balaban J connectivity index is 2.37. The van der Waals surface area contributed by atoms with Gasteiger partial charge >= 0.3 is 6.18 Å². The zero-order valence-corrected chi connectivity index (χ0v) is 10.7. The van der Waals surface area contributed by atoms with Crippen LogP contribution >= 0.6 is 11.3 Å². The van der Waals surface area contributed by atoms with Gasteiger partial charge in [-0.15, -0.1) is 11.3 Å². The summed E-state index contributed by atoms with van der Waals surface area (Å²) in [5, 5.41) is 8.98. The number of hydrogen-bond acceptors (Lipinski definition) is 4. The third-order valence-electron chi connectivity index (χ3n) is 2.24. The van der Waals surface area contributed by atoms with Crippen LogP contribution in [0.3, 0.4) is 0 Å². The van der Waals surface area contributed by atoms with E-state index in [1.165, 1.54) is 0 Å². The van der Waals surface area contributed by atoms with E-state index in [-0.39, 0.29) is 5.01 Å². The van der Waals surface area contributed by atoms with E-state index >= 15 is 0 Å². The summed E-state index contributed by atoms with van der Waals surface area (Å²) >= 11 is 1.05. The van der Waals surface area contributed by atoms with Crippen molar-refractivity contribution >= 4 is 27.6 Å². The van der Waals surface area contributed by atoms with Crippen LogP contribution in [-0.2, 0) is 0 Å². The van der Waals surface area contributed by atoms with Gasteiger partial charge in [0.2, 0.25) is 5.76 Å². The van der Waals surface area contributed by atoms with Gasteiger partial charge in [-0.3, -0.25) is 0 Å². The van der Waals surface area contributed by atoms with Crippen molar-refractivity contribution in [2.45, 2.75) is 13.1 Å². The summed E-state index contributed by atoms with van der Waals surface area (Å²) in [7, 11) is 0. The van der Waals surface area contributed by atoms with Crippen molar-refractivity contribution in [3.63, 3.8) is 0 Å². The minimum atomic E-state index is -4.76. The number of allylic oxidation sites excluding steroid dienone is 1. The molecule has 2 aromatic rings. The molecule has 0 unspecified atom stereocenters. The summed E-state index contributed by atoms with van der Waals surface area (Å²) in [5.74, 6) is -1.02. The highest BCUT2D eigenvalue weighted by Gasteiger charge is 2.33. The molecule has 0 aliphatic heterocycles. The zero-order valence-electron chi connectivity index (χ0n) is 9.86. The predicted molar refractivity (Wildman–Crippen MR) is 67.4 cm³/mol. The van der Waals surface area contributed by atoms with Crippen LogP contribution in [0.4, 0.5) is 13.2 Å². The second-order valence-corrected chi connectivity index (χ2v) is 4.70. The van der Waals surface area contributed by atoms with Crippen LogP contribution in [0.15, 0.2) is 24.0 Å². The SMILES string of the molecule is CCOc1ccc2nc(/C=C(\O)C(F)(F)F)sc2c1. The maximum atomic E-state index is 12.2. The Labute approximate surface area is 111 Å². The maximum Gasteiger partial charge on any atom is 0.448 e. The van der Waals surface area contributed by atoms with Crippen LogP contribution in [-0.4, -0.2) is 22.9 Å². The molecule has 1 heterocycles. The number of rotatable bonds is 3. The van der Waals surface area contributed by atoms with Gasteiger partial charge in [-0.05, 0) is 25.1 Å². The fraction of sp³-hybridized carbons (Fsp3) is 0.250. The molecule has 102 valence electrons. The van der Waals surface area contributed by atoms with E-state index in [1.54, 1.807) is 18.2 Å². The standard InChI is InChI=1S/C12H10F3NO2S/c1-2-18-7-3-4-8-9(5-7)19-11(16-8)6-10(17)12(13,14)15/h3-6,17H,2H2,1H3/b10-6-. The molecule has 0 aliphatic rings. The van der Waals surface area contributed by atoms with Crippen LogP contribution in [0.25, 0.3) is 16.3 Å². The van der Waals surface area contributed by atoms with E-state index in [0.717, 1.165) is 11.3 Å². The van der Waals surface area contributed by atoms with Crippen LogP contribution < -0.4 is 4.74 Å². The first-order valence-electron chi connectivity index (χ1n) is 5.41. The molecule has 0 atom stereocenters. The van der Waals surface area contributed by atoms with Crippen LogP contribution in [0.5, 0.6) is 5.75 Å². The Hall–Kier alpha value is -1.76. The number of fused-ring (bicyclic) bond motifs is 1. The van der Waals surface area contributed by atoms with Gasteiger partial charge in [0.1, 0.15) is 10.8 Å². The summed E-state index contributed by atoms with van der Waals surface area (Å²) in [6, 6.07) is 5.07. The third kappa shape index (κ3) is 3.17. The molecule has 2 rings (SSSR count). The molecular formula is C12H10F3NO2S. The number of aliphatic hydroxyl groups excluding tert-OH is 1. The molecular weight excluding hydrogens is 279 g/mol. The van der Waals surface area contributed by atoms with Crippen molar-refractivity contribution in [1.82, 2.24) is 4.98 Å². The fourth-order valence-electron chi connectivity index (χ4n) is 1.44. The van der Waals surface area contributed by atoms with Gasteiger partial charge in [-0.2, -0.15) is 13.2 Å². The highest BCUT2D eigenvalue weighted by molar-refractivity contribution is 7.19. The molecule has 0 bridgehead atoms. The second-order valence-electron chi connectivity index (χ2n) is 3.64. The monoisotopic (exact) mass is 289 g/mol. The summed E-state index contributed by atoms with van der Waals surface area (Å²) in [6.45, 7) is 2.35. The van der Waals surface area contributed by atoms with Gasteiger partial charge in [-0.1, -0.05) is 0 Å². The number of halogens is 3. The van der Waals surface area contributed by atoms with Crippen molar-refractivity contribution in [1.29, 1.82) is 0 Å². The Kier molecular flexibility index (Phi) is 3.66. The first kappa shape index (κ1) is 13.7. The third-order valence-corrected chi connectivity index (χ3v) is 3.20. The van der Waals surface area contributed by atoms with Gasteiger partial charge in [0.25, 0.3) is 0 Å². The van der Waals surface area contributed by atoms with Gasteiger partial charge in [0.05, 0.1) is 16.8 Å². The molecule has 0 amide bonds. The summed E-state index contributed by atoms with van der Waals surface area (Å²) < 4.78 is 42.6. The van der Waals surface area contributed by atoms with Gasteiger partial charge in [-0.25, -0.2) is 4.98 Å². The van der Waals surface area contributed by atoms with E-state index in [2.05, 4.69) is 4.98 Å². The fourth-order valence-corrected chi connectivity index (χ4v) is 2.37. The average molecular weight is 289 g/mol. The van der Waals surface area contributed by atoms with Crippen molar-refractivity contribution in [2.24, 2.45) is 0 Å². The molecule has 0 aliphatic carbocycles. The Morgan fingerprint density at radius 3 is 2.84 bits per heavy atom. The lowest BCUT2D eigenvalue weighted by molar-refractivity contribution is -0.119. The largest absolute Gasteiger partial charge is 0.504 e. The molecule has 1 aromatic carbocycles. The topological polar surface area (TPSA) is 42.4 Å². The zero-order chi connectivity index (χ0) is 14.0. The average Bonchev–Trinajstić information content (AvgIpc) is 2.69. The predicted octanol–water partition coefficient (Wildman–Crippen LogP) is 4.16. The Morgan fingerprint density at radius 2 is 2.21 bits per heavy atom. The molecule has 7 heteroatoms. The van der Waals surface area contributed by atoms with Crippen LogP contribution in [0, 0.1) is 0 Å². The first-order chi connectivity index (χ1) is 8.90. The second kappa shape index (κ2) is 5.08. The highest BCUT2D eigenvalue weighted by atomic mass is 32.1. The number of hydrogen-bond donors (Lipinski definition) is 1. The minimum absolute atomic E-state index is 0.0958. The first-order valence-corrected chi connectivity index (χ1v) is 6.23. The Morgan fingerprint density at radius 1 is 1.47 bits per heavy atom. The molecule has 0 radical (unpaired) electrons. The van der Waals surface area contributed by atoms with Gasteiger partial charge in [0, 0.05) is 6.08 Å². The molecule has 0 saturated carbocycles. The lowest BCUT2D eigenvalue weighted by atomic mass is 10.3. The summed E-state index contributed by atoms with van der Waals surface area (Å²) in [4.78, 5) is 3.99. The highest BCUT2D eigenvalue weighted by Crippen LogP contribution is 2.30. The molecule has 0 spiro atoms. The maximum absolute atomic E-state index is 12.2. The lowest BCUT2D eigenvalue weighted by Gasteiger charge is -2.02.